The fourth-order valence-corrected chi connectivity index (χ4v) is 2.30. The molecule has 0 spiro atoms. The molecule has 0 saturated heterocycles. The van der Waals surface area contributed by atoms with E-state index in [1.54, 1.807) is 11.9 Å². The van der Waals surface area contributed by atoms with Gasteiger partial charge in [0, 0.05) is 24.2 Å². The van der Waals surface area contributed by atoms with E-state index in [1.807, 2.05) is 48.5 Å². The summed E-state index contributed by atoms with van der Waals surface area (Å²) in [5.74, 6) is 0.0210. The van der Waals surface area contributed by atoms with Crippen molar-refractivity contribution in [3.63, 3.8) is 0 Å². The summed E-state index contributed by atoms with van der Waals surface area (Å²) in [5, 5.41) is 0.690. The van der Waals surface area contributed by atoms with Crippen LogP contribution in [0.25, 0.3) is 0 Å². The van der Waals surface area contributed by atoms with Gasteiger partial charge in [-0.15, -0.1) is 0 Å². The smallest absolute Gasteiger partial charge is 0.253 e. The van der Waals surface area contributed by atoms with Crippen molar-refractivity contribution in [2.24, 2.45) is 0 Å². The molecule has 0 bridgehead atoms. The van der Waals surface area contributed by atoms with Gasteiger partial charge < -0.3 is 4.90 Å². The Kier molecular flexibility index (Phi) is 4.80. The van der Waals surface area contributed by atoms with Crippen LogP contribution in [-0.4, -0.2) is 17.9 Å². The molecule has 0 atom stereocenters. The minimum atomic E-state index is 0.0210. The molecule has 0 fully saturated rings. The number of benzene rings is 2. The van der Waals surface area contributed by atoms with Gasteiger partial charge in [-0.1, -0.05) is 42.8 Å². The molecule has 0 aliphatic carbocycles. The molecule has 2 rings (SSSR count). The fourth-order valence-electron chi connectivity index (χ4n) is 2.08. The van der Waals surface area contributed by atoms with Crippen LogP contribution in [0.3, 0.4) is 0 Å². The van der Waals surface area contributed by atoms with Crippen molar-refractivity contribution in [2.45, 2.75) is 19.9 Å². The number of nitrogens with zero attached hydrogens (tertiary/aromatic N) is 1. The molecule has 0 radical (unpaired) electrons. The minimum Gasteiger partial charge on any atom is -0.337 e. The maximum atomic E-state index is 12.3. The number of amides is 1. The van der Waals surface area contributed by atoms with Crippen LogP contribution in [0, 0.1) is 0 Å². The van der Waals surface area contributed by atoms with Crippen LogP contribution in [0.1, 0.15) is 28.4 Å². The SMILES string of the molecule is CCc1ccc(C(=O)N(C)Cc2cccc(Cl)c2)cc1. The lowest BCUT2D eigenvalue weighted by molar-refractivity contribution is 0.0785. The fraction of sp³-hybridized carbons (Fsp3) is 0.235. The molecular weight excluding hydrogens is 270 g/mol. The van der Waals surface area contributed by atoms with Gasteiger partial charge >= 0.3 is 0 Å². The third kappa shape index (κ3) is 3.61. The lowest BCUT2D eigenvalue weighted by Crippen LogP contribution is -2.26. The first-order chi connectivity index (χ1) is 9.60. The second kappa shape index (κ2) is 6.58. The zero-order valence-electron chi connectivity index (χ0n) is 11.8. The Morgan fingerprint density at radius 3 is 2.40 bits per heavy atom. The molecule has 0 saturated carbocycles. The predicted octanol–water partition coefficient (Wildman–Crippen LogP) is 4.17. The first kappa shape index (κ1) is 14.6. The standard InChI is InChI=1S/C17H18ClNO/c1-3-13-7-9-15(10-8-13)17(20)19(2)12-14-5-4-6-16(18)11-14/h4-11H,3,12H2,1-2H3. The quantitative estimate of drug-likeness (QED) is 0.826. The van der Waals surface area contributed by atoms with E-state index in [0.717, 1.165) is 12.0 Å². The van der Waals surface area contributed by atoms with E-state index in [1.165, 1.54) is 5.56 Å². The van der Waals surface area contributed by atoms with Crippen molar-refractivity contribution < 1.29 is 4.79 Å². The van der Waals surface area contributed by atoms with Gasteiger partial charge in [0.25, 0.3) is 5.91 Å². The van der Waals surface area contributed by atoms with E-state index in [4.69, 9.17) is 11.6 Å². The molecule has 0 aliphatic heterocycles. The summed E-state index contributed by atoms with van der Waals surface area (Å²) in [7, 11) is 1.80. The van der Waals surface area contributed by atoms with Crippen molar-refractivity contribution >= 4 is 17.5 Å². The third-order valence-corrected chi connectivity index (χ3v) is 3.50. The first-order valence-corrected chi connectivity index (χ1v) is 7.07. The highest BCUT2D eigenvalue weighted by Crippen LogP contribution is 2.14. The predicted molar refractivity (Wildman–Crippen MR) is 83.1 cm³/mol. The number of hydrogen-bond acceptors (Lipinski definition) is 1. The molecular formula is C17H18ClNO. The van der Waals surface area contributed by atoms with Crippen LogP contribution >= 0.6 is 11.6 Å². The molecule has 2 nitrogen and oxygen atoms in total. The van der Waals surface area contributed by atoms with E-state index in [-0.39, 0.29) is 5.91 Å². The molecule has 0 aliphatic rings. The van der Waals surface area contributed by atoms with Gasteiger partial charge in [-0.25, -0.2) is 0 Å². The monoisotopic (exact) mass is 287 g/mol. The molecule has 2 aromatic rings. The van der Waals surface area contributed by atoms with Crippen LogP contribution in [0.2, 0.25) is 5.02 Å². The lowest BCUT2D eigenvalue weighted by Gasteiger charge is -2.17. The van der Waals surface area contributed by atoms with Crippen LogP contribution < -0.4 is 0 Å². The van der Waals surface area contributed by atoms with Crippen LogP contribution in [0.15, 0.2) is 48.5 Å². The van der Waals surface area contributed by atoms with Gasteiger partial charge in [-0.3, -0.25) is 4.79 Å². The highest BCUT2D eigenvalue weighted by Gasteiger charge is 2.11. The Balaban J connectivity index is 2.07. The van der Waals surface area contributed by atoms with E-state index in [9.17, 15) is 4.79 Å². The van der Waals surface area contributed by atoms with Crippen molar-refractivity contribution in [2.75, 3.05) is 7.05 Å². The van der Waals surface area contributed by atoms with E-state index in [2.05, 4.69) is 6.92 Å². The van der Waals surface area contributed by atoms with Gasteiger partial charge in [0.15, 0.2) is 0 Å². The van der Waals surface area contributed by atoms with Crippen LogP contribution in [0.4, 0.5) is 0 Å². The highest BCUT2D eigenvalue weighted by atomic mass is 35.5. The Hall–Kier alpha value is -1.80. The molecule has 2 aromatic carbocycles. The number of hydrogen-bond donors (Lipinski definition) is 0. The largest absolute Gasteiger partial charge is 0.337 e. The summed E-state index contributed by atoms with van der Waals surface area (Å²) in [6, 6.07) is 15.3. The molecule has 0 heterocycles. The van der Waals surface area contributed by atoms with Crippen LogP contribution in [0.5, 0.6) is 0 Å². The van der Waals surface area contributed by atoms with Crippen LogP contribution in [-0.2, 0) is 13.0 Å². The number of carbonyl (C=O) groups excluding carboxylic acids is 1. The second-order valence-corrected chi connectivity index (χ2v) is 5.28. The average Bonchev–Trinajstić information content (AvgIpc) is 2.46. The van der Waals surface area contributed by atoms with Crippen molar-refractivity contribution in [1.29, 1.82) is 0 Å². The molecule has 20 heavy (non-hydrogen) atoms. The summed E-state index contributed by atoms with van der Waals surface area (Å²) >= 11 is 5.95. The molecule has 0 unspecified atom stereocenters. The highest BCUT2D eigenvalue weighted by molar-refractivity contribution is 6.30. The number of aryl methyl sites for hydroxylation is 1. The Labute approximate surface area is 125 Å². The summed E-state index contributed by atoms with van der Waals surface area (Å²) in [6.07, 6.45) is 0.979. The third-order valence-electron chi connectivity index (χ3n) is 3.26. The topological polar surface area (TPSA) is 20.3 Å². The Morgan fingerprint density at radius 2 is 1.80 bits per heavy atom. The summed E-state index contributed by atoms with van der Waals surface area (Å²) < 4.78 is 0. The maximum Gasteiger partial charge on any atom is 0.253 e. The van der Waals surface area contributed by atoms with Crippen molar-refractivity contribution in [1.82, 2.24) is 4.90 Å². The summed E-state index contributed by atoms with van der Waals surface area (Å²) in [6.45, 7) is 2.65. The van der Waals surface area contributed by atoms with Crippen molar-refractivity contribution in [3.8, 4) is 0 Å². The molecule has 0 aromatic heterocycles. The van der Waals surface area contributed by atoms with Crippen molar-refractivity contribution in [3.05, 3.63) is 70.2 Å². The normalized spacial score (nSPS) is 10.3. The zero-order valence-corrected chi connectivity index (χ0v) is 12.5. The van der Waals surface area contributed by atoms with Gasteiger partial charge in [0.05, 0.1) is 0 Å². The van der Waals surface area contributed by atoms with Gasteiger partial charge in [-0.2, -0.15) is 0 Å². The average molecular weight is 288 g/mol. The maximum absolute atomic E-state index is 12.3. The molecule has 104 valence electrons. The minimum absolute atomic E-state index is 0.0210. The van der Waals surface area contributed by atoms with Gasteiger partial charge in [0.1, 0.15) is 0 Å². The number of carbonyl (C=O) groups is 1. The number of halogens is 1. The molecule has 0 N–H and O–H groups in total. The first-order valence-electron chi connectivity index (χ1n) is 6.69. The van der Waals surface area contributed by atoms with Gasteiger partial charge in [0.2, 0.25) is 0 Å². The van der Waals surface area contributed by atoms with E-state index >= 15 is 0 Å². The number of rotatable bonds is 4. The van der Waals surface area contributed by atoms with Gasteiger partial charge in [-0.05, 0) is 41.8 Å². The van der Waals surface area contributed by atoms with E-state index < -0.39 is 0 Å². The Morgan fingerprint density at radius 1 is 1.10 bits per heavy atom. The summed E-state index contributed by atoms with van der Waals surface area (Å²) in [4.78, 5) is 14.0. The summed E-state index contributed by atoms with van der Waals surface area (Å²) in [5.41, 5.74) is 2.98. The Bertz CT molecular complexity index is 592. The lowest BCUT2D eigenvalue weighted by atomic mass is 10.1. The zero-order chi connectivity index (χ0) is 14.5. The second-order valence-electron chi connectivity index (χ2n) is 4.84. The molecule has 1 amide bonds. The molecule has 3 heteroatoms. The van der Waals surface area contributed by atoms with E-state index in [0.29, 0.717) is 17.1 Å².